The van der Waals surface area contributed by atoms with Crippen molar-refractivity contribution in [3.05, 3.63) is 30.1 Å². The lowest BCUT2D eigenvalue weighted by atomic mass is 10.2. The lowest BCUT2D eigenvalue weighted by Crippen LogP contribution is -2.21. The third-order valence-corrected chi connectivity index (χ3v) is 5.20. The molecule has 0 aliphatic carbocycles. The van der Waals surface area contributed by atoms with Gasteiger partial charge in [-0.05, 0) is 37.1 Å². The quantitative estimate of drug-likeness (QED) is 0.793. The Balaban J connectivity index is 1.68. The minimum absolute atomic E-state index is 0.000586. The Morgan fingerprint density at radius 1 is 1.30 bits per heavy atom. The van der Waals surface area contributed by atoms with E-state index in [2.05, 4.69) is 10.1 Å². The first-order valence-corrected chi connectivity index (χ1v) is 9.17. The number of hydrogen-bond donors (Lipinski definition) is 0. The predicted molar refractivity (Wildman–Crippen MR) is 82.8 cm³/mol. The Bertz CT molecular complexity index is 748. The number of sulfone groups is 1. The average Bonchev–Trinajstić information content (AvgIpc) is 3.18. The van der Waals surface area contributed by atoms with Gasteiger partial charge in [0.05, 0.1) is 19.0 Å². The van der Waals surface area contributed by atoms with Crippen molar-refractivity contribution in [2.75, 3.05) is 19.5 Å². The van der Waals surface area contributed by atoms with Crippen LogP contribution in [0.25, 0.3) is 11.5 Å². The van der Waals surface area contributed by atoms with Gasteiger partial charge in [-0.15, -0.1) is 0 Å². The van der Waals surface area contributed by atoms with Gasteiger partial charge in [0.15, 0.2) is 15.7 Å². The standard InChI is InChI=1S/C15H18N2O5S/c1-20-12-6-4-11(5-7-12)15-16-14(17-22-15)10-23(18,19)9-13-3-2-8-21-13/h4-7,13H,2-3,8-10H2,1H3. The van der Waals surface area contributed by atoms with Crippen LogP contribution in [0.5, 0.6) is 5.75 Å². The minimum atomic E-state index is -3.33. The number of nitrogens with zero attached hydrogens (tertiary/aromatic N) is 2. The van der Waals surface area contributed by atoms with Crippen LogP contribution in [0.4, 0.5) is 0 Å². The molecule has 7 nitrogen and oxygen atoms in total. The van der Waals surface area contributed by atoms with Gasteiger partial charge in [-0.25, -0.2) is 8.42 Å². The van der Waals surface area contributed by atoms with Gasteiger partial charge >= 0.3 is 0 Å². The molecule has 23 heavy (non-hydrogen) atoms. The van der Waals surface area contributed by atoms with Crippen LogP contribution < -0.4 is 4.74 Å². The second kappa shape index (κ2) is 6.67. The van der Waals surface area contributed by atoms with Crippen LogP contribution in [0, 0.1) is 0 Å². The molecule has 0 saturated carbocycles. The van der Waals surface area contributed by atoms with Gasteiger partial charge in [0.25, 0.3) is 5.89 Å². The normalized spacial score (nSPS) is 18.2. The highest BCUT2D eigenvalue weighted by Crippen LogP contribution is 2.21. The molecule has 1 aromatic heterocycles. The van der Waals surface area contributed by atoms with Crippen molar-refractivity contribution in [1.82, 2.24) is 10.1 Å². The fourth-order valence-electron chi connectivity index (χ4n) is 2.48. The zero-order valence-electron chi connectivity index (χ0n) is 12.8. The van der Waals surface area contributed by atoms with Gasteiger partial charge in [-0.2, -0.15) is 4.98 Å². The molecule has 1 atom stereocenters. The summed E-state index contributed by atoms with van der Waals surface area (Å²) in [5.41, 5.74) is 0.709. The van der Waals surface area contributed by atoms with Gasteiger partial charge in [0.1, 0.15) is 11.5 Å². The maximum Gasteiger partial charge on any atom is 0.257 e. The highest BCUT2D eigenvalue weighted by atomic mass is 32.2. The Morgan fingerprint density at radius 2 is 2.09 bits per heavy atom. The van der Waals surface area contributed by atoms with Crippen LogP contribution in [-0.2, 0) is 20.3 Å². The highest BCUT2D eigenvalue weighted by Gasteiger charge is 2.25. The van der Waals surface area contributed by atoms with E-state index < -0.39 is 9.84 Å². The first-order valence-electron chi connectivity index (χ1n) is 7.35. The Morgan fingerprint density at radius 3 is 2.74 bits per heavy atom. The van der Waals surface area contributed by atoms with E-state index in [4.69, 9.17) is 14.0 Å². The summed E-state index contributed by atoms with van der Waals surface area (Å²) in [4.78, 5) is 4.16. The molecule has 0 N–H and O–H groups in total. The van der Waals surface area contributed by atoms with Crippen LogP contribution in [0.15, 0.2) is 28.8 Å². The number of ether oxygens (including phenoxy) is 2. The molecule has 1 saturated heterocycles. The molecule has 0 bridgehead atoms. The van der Waals surface area contributed by atoms with Crippen LogP contribution in [0.3, 0.4) is 0 Å². The predicted octanol–water partition coefficient (Wildman–Crippen LogP) is 1.84. The smallest absolute Gasteiger partial charge is 0.257 e. The number of rotatable bonds is 6. The van der Waals surface area contributed by atoms with E-state index in [1.54, 1.807) is 31.4 Å². The Kier molecular flexibility index (Phi) is 4.63. The summed E-state index contributed by atoms with van der Waals surface area (Å²) >= 11 is 0. The highest BCUT2D eigenvalue weighted by molar-refractivity contribution is 7.90. The third-order valence-electron chi connectivity index (χ3n) is 3.62. The van der Waals surface area contributed by atoms with Crippen LogP contribution in [0.2, 0.25) is 0 Å². The molecule has 1 aliphatic heterocycles. The molecule has 8 heteroatoms. The molecule has 1 aromatic carbocycles. The van der Waals surface area contributed by atoms with Gasteiger partial charge in [-0.1, -0.05) is 5.16 Å². The molecule has 0 amide bonds. The summed E-state index contributed by atoms with van der Waals surface area (Å²) < 4.78 is 39.9. The summed E-state index contributed by atoms with van der Waals surface area (Å²) in [6, 6.07) is 7.09. The lowest BCUT2D eigenvalue weighted by molar-refractivity contribution is 0.127. The van der Waals surface area contributed by atoms with E-state index in [1.165, 1.54) is 0 Å². The van der Waals surface area contributed by atoms with E-state index in [0.717, 1.165) is 12.8 Å². The van der Waals surface area contributed by atoms with Crippen molar-refractivity contribution >= 4 is 9.84 Å². The zero-order chi connectivity index (χ0) is 16.3. The summed E-state index contributed by atoms with van der Waals surface area (Å²) in [7, 11) is -1.75. The zero-order valence-corrected chi connectivity index (χ0v) is 13.6. The van der Waals surface area contributed by atoms with E-state index >= 15 is 0 Å². The van der Waals surface area contributed by atoms with Crippen molar-refractivity contribution in [3.63, 3.8) is 0 Å². The van der Waals surface area contributed by atoms with Crippen molar-refractivity contribution in [3.8, 4) is 17.2 Å². The van der Waals surface area contributed by atoms with Crippen molar-refractivity contribution < 1.29 is 22.4 Å². The average molecular weight is 338 g/mol. The number of methoxy groups -OCH3 is 1. The monoisotopic (exact) mass is 338 g/mol. The second-order valence-electron chi connectivity index (χ2n) is 5.43. The van der Waals surface area contributed by atoms with Gasteiger partial charge in [0, 0.05) is 12.2 Å². The lowest BCUT2D eigenvalue weighted by Gasteiger charge is -2.08. The maximum absolute atomic E-state index is 12.2. The maximum atomic E-state index is 12.2. The molecule has 2 heterocycles. The Hall–Kier alpha value is -1.93. The number of benzene rings is 1. The van der Waals surface area contributed by atoms with Crippen molar-refractivity contribution in [2.24, 2.45) is 0 Å². The SMILES string of the molecule is COc1ccc(-c2nc(CS(=O)(=O)CC3CCCO3)no2)cc1. The molecule has 3 rings (SSSR count). The molecule has 1 fully saturated rings. The number of hydrogen-bond acceptors (Lipinski definition) is 7. The molecule has 2 aromatic rings. The van der Waals surface area contributed by atoms with Crippen molar-refractivity contribution in [2.45, 2.75) is 24.7 Å². The largest absolute Gasteiger partial charge is 0.497 e. The fraction of sp³-hybridized carbons (Fsp3) is 0.467. The van der Waals surface area contributed by atoms with Crippen LogP contribution in [0.1, 0.15) is 18.7 Å². The number of aromatic nitrogens is 2. The van der Waals surface area contributed by atoms with Crippen molar-refractivity contribution in [1.29, 1.82) is 0 Å². The molecule has 0 radical (unpaired) electrons. The molecular weight excluding hydrogens is 320 g/mol. The van der Waals surface area contributed by atoms with Gasteiger partial charge < -0.3 is 14.0 Å². The summed E-state index contributed by atoms with van der Waals surface area (Å²) in [6.07, 6.45) is 1.47. The summed E-state index contributed by atoms with van der Waals surface area (Å²) in [6.45, 7) is 0.629. The van der Waals surface area contributed by atoms with E-state index in [0.29, 0.717) is 17.9 Å². The third kappa shape index (κ3) is 4.08. The van der Waals surface area contributed by atoms with Gasteiger partial charge in [0.2, 0.25) is 0 Å². The second-order valence-corrected chi connectivity index (χ2v) is 7.54. The van der Waals surface area contributed by atoms with Gasteiger partial charge in [-0.3, -0.25) is 0 Å². The minimum Gasteiger partial charge on any atom is -0.497 e. The molecular formula is C15H18N2O5S. The summed E-state index contributed by atoms with van der Waals surface area (Å²) in [5, 5.41) is 3.76. The fourth-order valence-corrected chi connectivity index (χ4v) is 3.94. The van der Waals surface area contributed by atoms with E-state index in [-0.39, 0.29) is 29.3 Å². The Labute approximate surface area is 134 Å². The topological polar surface area (TPSA) is 91.5 Å². The molecule has 1 aliphatic rings. The summed E-state index contributed by atoms with van der Waals surface area (Å²) in [5.74, 6) is 0.919. The molecule has 1 unspecified atom stereocenters. The van der Waals surface area contributed by atoms with Crippen LogP contribution >= 0.6 is 0 Å². The molecule has 124 valence electrons. The first kappa shape index (κ1) is 15.9. The van der Waals surface area contributed by atoms with E-state index in [1.807, 2.05) is 0 Å². The molecule has 0 spiro atoms. The first-order chi connectivity index (χ1) is 11.1. The van der Waals surface area contributed by atoms with E-state index in [9.17, 15) is 8.42 Å². The van der Waals surface area contributed by atoms with Crippen LogP contribution in [-0.4, -0.2) is 44.1 Å².